The number of carbonyl (C=O) groups is 1. The van der Waals surface area contributed by atoms with E-state index in [1.807, 2.05) is 13.8 Å². The number of aliphatic hydroxyl groups is 1. The third-order valence-electron chi connectivity index (χ3n) is 2.60. The molecule has 0 aliphatic rings. The average Bonchev–Trinajstić information content (AvgIpc) is 2.23. The van der Waals surface area contributed by atoms with E-state index in [1.165, 1.54) is 0 Å². The van der Waals surface area contributed by atoms with Gasteiger partial charge in [-0.25, -0.2) is 0 Å². The van der Waals surface area contributed by atoms with Crippen molar-refractivity contribution in [3.8, 4) is 0 Å². The third-order valence-corrected chi connectivity index (χ3v) is 2.60. The van der Waals surface area contributed by atoms with Crippen molar-refractivity contribution in [3.63, 3.8) is 0 Å². The Bertz CT molecular complexity index is 193. The van der Waals surface area contributed by atoms with E-state index in [0.717, 1.165) is 19.4 Å². The maximum absolute atomic E-state index is 12.0. The Labute approximate surface area is 92.7 Å². The standard InChI is InChI=1S/C11H24N2O2/c1-5-6-7-13(8-9-14)10(15)11(2,3)12-4/h12,14H,5-9H2,1-4H3. The summed E-state index contributed by atoms with van der Waals surface area (Å²) in [7, 11) is 1.77. The summed E-state index contributed by atoms with van der Waals surface area (Å²) in [6.45, 7) is 6.96. The maximum atomic E-state index is 12.0. The van der Waals surface area contributed by atoms with Gasteiger partial charge in [0, 0.05) is 13.1 Å². The molecule has 0 radical (unpaired) electrons. The lowest BCUT2D eigenvalue weighted by Gasteiger charge is -2.31. The molecule has 0 aromatic carbocycles. The highest BCUT2D eigenvalue weighted by atomic mass is 16.3. The van der Waals surface area contributed by atoms with Gasteiger partial charge in [0.25, 0.3) is 0 Å². The van der Waals surface area contributed by atoms with E-state index in [4.69, 9.17) is 5.11 Å². The fourth-order valence-corrected chi connectivity index (χ4v) is 1.29. The fourth-order valence-electron chi connectivity index (χ4n) is 1.29. The van der Waals surface area contributed by atoms with Gasteiger partial charge in [-0.1, -0.05) is 13.3 Å². The van der Waals surface area contributed by atoms with E-state index in [9.17, 15) is 4.79 Å². The van der Waals surface area contributed by atoms with Crippen molar-refractivity contribution < 1.29 is 9.90 Å². The summed E-state index contributed by atoms with van der Waals surface area (Å²) in [5.41, 5.74) is -0.553. The molecule has 0 fully saturated rings. The topological polar surface area (TPSA) is 52.6 Å². The van der Waals surface area contributed by atoms with Crippen LogP contribution in [0.25, 0.3) is 0 Å². The number of rotatable bonds is 7. The highest BCUT2D eigenvalue weighted by molar-refractivity contribution is 5.85. The number of amides is 1. The van der Waals surface area contributed by atoms with Gasteiger partial charge in [0.15, 0.2) is 0 Å². The molecule has 0 saturated heterocycles. The molecule has 0 aliphatic carbocycles. The smallest absolute Gasteiger partial charge is 0.242 e. The van der Waals surface area contributed by atoms with Gasteiger partial charge in [0.2, 0.25) is 5.91 Å². The molecule has 0 bridgehead atoms. The Hall–Kier alpha value is -0.610. The highest BCUT2D eigenvalue weighted by Crippen LogP contribution is 2.08. The largest absolute Gasteiger partial charge is 0.395 e. The van der Waals surface area contributed by atoms with Crippen molar-refractivity contribution >= 4 is 5.91 Å². The predicted molar refractivity (Wildman–Crippen MR) is 61.7 cm³/mol. The second-order valence-corrected chi connectivity index (χ2v) is 4.24. The minimum Gasteiger partial charge on any atom is -0.395 e. The van der Waals surface area contributed by atoms with Crippen molar-refractivity contribution in [2.24, 2.45) is 0 Å². The summed E-state index contributed by atoms with van der Waals surface area (Å²) in [6.07, 6.45) is 2.03. The van der Waals surface area contributed by atoms with Gasteiger partial charge in [0.05, 0.1) is 12.1 Å². The molecule has 0 rings (SSSR count). The number of likely N-dealkylation sites (N-methyl/N-ethyl adjacent to an activating group) is 1. The minimum absolute atomic E-state index is 0.0231. The zero-order valence-electron chi connectivity index (χ0n) is 10.3. The summed E-state index contributed by atoms with van der Waals surface area (Å²) in [5.74, 6) is 0.0486. The number of aliphatic hydroxyl groups excluding tert-OH is 1. The van der Waals surface area contributed by atoms with E-state index in [-0.39, 0.29) is 12.5 Å². The van der Waals surface area contributed by atoms with Crippen LogP contribution in [-0.4, -0.2) is 48.2 Å². The zero-order valence-corrected chi connectivity index (χ0v) is 10.3. The van der Waals surface area contributed by atoms with Gasteiger partial charge in [-0.05, 0) is 27.3 Å². The molecule has 0 aromatic rings. The summed E-state index contributed by atoms with van der Waals surface area (Å²) in [6, 6.07) is 0. The zero-order chi connectivity index (χ0) is 11.9. The van der Waals surface area contributed by atoms with Gasteiger partial charge < -0.3 is 15.3 Å². The van der Waals surface area contributed by atoms with E-state index in [0.29, 0.717) is 6.54 Å². The SMILES string of the molecule is CCCCN(CCO)C(=O)C(C)(C)NC. The first-order valence-corrected chi connectivity index (χ1v) is 5.58. The summed E-state index contributed by atoms with van der Waals surface area (Å²) >= 11 is 0. The number of nitrogens with one attached hydrogen (secondary N) is 1. The first kappa shape index (κ1) is 14.4. The maximum Gasteiger partial charge on any atom is 0.242 e. The molecule has 0 unspecified atom stereocenters. The van der Waals surface area contributed by atoms with Crippen molar-refractivity contribution in [2.45, 2.75) is 39.2 Å². The number of hydrogen-bond donors (Lipinski definition) is 2. The molecule has 0 aliphatic heterocycles. The average molecular weight is 216 g/mol. The van der Waals surface area contributed by atoms with Crippen LogP contribution in [0.4, 0.5) is 0 Å². The van der Waals surface area contributed by atoms with Crippen molar-refractivity contribution in [2.75, 3.05) is 26.7 Å². The van der Waals surface area contributed by atoms with Crippen LogP contribution in [-0.2, 0) is 4.79 Å². The van der Waals surface area contributed by atoms with E-state index < -0.39 is 5.54 Å². The fraction of sp³-hybridized carbons (Fsp3) is 0.909. The van der Waals surface area contributed by atoms with E-state index in [1.54, 1.807) is 11.9 Å². The van der Waals surface area contributed by atoms with Crippen LogP contribution < -0.4 is 5.32 Å². The van der Waals surface area contributed by atoms with Crippen LogP contribution in [0.1, 0.15) is 33.6 Å². The molecule has 2 N–H and O–H groups in total. The molecule has 4 nitrogen and oxygen atoms in total. The second kappa shape index (κ2) is 6.80. The Morgan fingerprint density at radius 1 is 1.40 bits per heavy atom. The Morgan fingerprint density at radius 3 is 2.40 bits per heavy atom. The van der Waals surface area contributed by atoms with Crippen LogP contribution in [0.2, 0.25) is 0 Å². The van der Waals surface area contributed by atoms with E-state index in [2.05, 4.69) is 12.2 Å². The lowest BCUT2D eigenvalue weighted by molar-refractivity contribution is -0.137. The minimum atomic E-state index is -0.553. The number of nitrogens with zero attached hydrogens (tertiary/aromatic N) is 1. The molecule has 0 spiro atoms. The van der Waals surface area contributed by atoms with Gasteiger partial charge in [0.1, 0.15) is 0 Å². The molecular weight excluding hydrogens is 192 g/mol. The monoisotopic (exact) mass is 216 g/mol. The molecule has 4 heteroatoms. The molecule has 0 heterocycles. The highest BCUT2D eigenvalue weighted by Gasteiger charge is 2.29. The first-order chi connectivity index (χ1) is 6.99. The summed E-state index contributed by atoms with van der Waals surface area (Å²) < 4.78 is 0. The molecule has 90 valence electrons. The molecule has 0 atom stereocenters. The normalized spacial score (nSPS) is 11.5. The third kappa shape index (κ3) is 4.62. The van der Waals surface area contributed by atoms with Crippen molar-refractivity contribution in [1.29, 1.82) is 0 Å². The summed E-state index contributed by atoms with van der Waals surface area (Å²) in [5, 5.41) is 11.9. The van der Waals surface area contributed by atoms with Crippen LogP contribution in [0, 0.1) is 0 Å². The number of unbranched alkanes of at least 4 members (excludes halogenated alkanes) is 1. The first-order valence-electron chi connectivity index (χ1n) is 5.58. The lowest BCUT2D eigenvalue weighted by Crippen LogP contribution is -2.53. The molecule has 0 aromatic heterocycles. The molecule has 0 saturated carbocycles. The van der Waals surface area contributed by atoms with Crippen LogP contribution in [0.15, 0.2) is 0 Å². The van der Waals surface area contributed by atoms with Crippen LogP contribution in [0.5, 0.6) is 0 Å². The van der Waals surface area contributed by atoms with Crippen molar-refractivity contribution in [3.05, 3.63) is 0 Å². The molecule has 15 heavy (non-hydrogen) atoms. The lowest BCUT2D eigenvalue weighted by atomic mass is 10.0. The van der Waals surface area contributed by atoms with E-state index >= 15 is 0 Å². The Kier molecular flexibility index (Phi) is 6.52. The Balaban J connectivity index is 4.40. The van der Waals surface area contributed by atoms with Gasteiger partial charge in [-0.2, -0.15) is 0 Å². The van der Waals surface area contributed by atoms with Gasteiger partial charge >= 0.3 is 0 Å². The second-order valence-electron chi connectivity index (χ2n) is 4.24. The van der Waals surface area contributed by atoms with Gasteiger partial charge in [-0.15, -0.1) is 0 Å². The van der Waals surface area contributed by atoms with Gasteiger partial charge in [-0.3, -0.25) is 4.79 Å². The molecular formula is C11H24N2O2. The van der Waals surface area contributed by atoms with Crippen LogP contribution >= 0.6 is 0 Å². The number of hydrogen-bond acceptors (Lipinski definition) is 3. The Morgan fingerprint density at radius 2 is 2.00 bits per heavy atom. The molecule has 1 amide bonds. The quantitative estimate of drug-likeness (QED) is 0.655. The predicted octanol–water partition coefficient (Wildman–Crippen LogP) is 0.605. The van der Waals surface area contributed by atoms with Crippen molar-refractivity contribution in [1.82, 2.24) is 10.2 Å². The summed E-state index contributed by atoms with van der Waals surface area (Å²) in [4.78, 5) is 13.8. The number of carbonyl (C=O) groups excluding carboxylic acids is 1. The van der Waals surface area contributed by atoms with Crippen LogP contribution in [0.3, 0.4) is 0 Å².